The van der Waals surface area contributed by atoms with E-state index in [1.165, 1.54) is 0 Å². The van der Waals surface area contributed by atoms with Crippen LogP contribution in [0.2, 0.25) is 0 Å². The summed E-state index contributed by atoms with van der Waals surface area (Å²) < 4.78 is 10.8. The van der Waals surface area contributed by atoms with E-state index in [1.54, 1.807) is 13.0 Å². The number of nitrogens with zero attached hydrogens (tertiary/aromatic N) is 3. The van der Waals surface area contributed by atoms with Crippen molar-refractivity contribution in [3.8, 4) is 6.01 Å². The highest BCUT2D eigenvalue weighted by Gasteiger charge is 2.17. The summed E-state index contributed by atoms with van der Waals surface area (Å²) in [6.07, 6.45) is 0.985. The summed E-state index contributed by atoms with van der Waals surface area (Å²) in [4.78, 5) is 8.22. The van der Waals surface area contributed by atoms with Crippen molar-refractivity contribution in [1.82, 2.24) is 9.97 Å². The maximum absolute atomic E-state index is 8.62. The van der Waals surface area contributed by atoms with Gasteiger partial charge in [-0.1, -0.05) is 5.16 Å². The first-order valence-corrected chi connectivity index (χ1v) is 5.73. The molecule has 1 aliphatic heterocycles. The minimum Gasteiger partial charge on any atom is -0.463 e. The Morgan fingerprint density at radius 2 is 2.50 bits per heavy atom. The van der Waals surface area contributed by atoms with E-state index in [0.717, 1.165) is 13.0 Å². The summed E-state index contributed by atoms with van der Waals surface area (Å²) in [6.45, 7) is 3.79. The fraction of sp³-hybridized carbons (Fsp3) is 0.545. The molecule has 1 aliphatic rings. The maximum atomic E-state index is 8.62. The zero-order chi connectivity index (χ0) is 13.0. The Kier molecular flexibility index (Phi) is 3.93. The van der Waals surface area contributed by atoms with Crippen molar-refractivity contribution in [2.75, 3.05) is 19.8 Å². The number of hydrogen-bond donors (Lipinski definition) is 2. The molecule has 0 aromatic carbocycles. The van der Waals surface area contributed by atoms with Gasteiger partial charge in [0.2, 0.25) is 0 Å². The average Bonchev–Trinajstić information content (AvgIpc) is 2.88. The second kappa shape index (κ2) is 5.63. The van der Waals surface area contributed by atoms with Gasteiger partial charge in [-0.25, -0.2) is 4.98 Å². The van der Waals surface area contributed by atoms with Crippen LogP contribution in [0.25, 0.3) is 0 Å². The summed E-state index contributed by atoms with van der Waals surface area (Å²) in [5.41, 5.74) is 6.53. The van der Waals surface area contributed by atoms with Crippen LogP contribution in [0, 0.1) is 12.8 Å². The van der Waals surface area contributed by atoms with Crippen LogP contribution in [0.5, 0.6) is 6.01 Å². The molecule has 1 aromatic rings. The van der Waals surface area contributed by atoms with Crippen LogP contribution in [-0.2, 0) is 4.74 Å². The van der Waals surface area contributed by atoms with E-state index in [-0.39, 0.29) is 11.8 Å². The standard InChI is InChI=1S/C11H16N4O3/c1-7-4-9(10(12)15-16)14-11(13-7)18-6-8-2-3-17-5-8/h4,8,16H,2-3,5-6H2,1H3,(H2,12,15). The first-order valence-electron chi connectivity index (χ1n) is 5.73. The van der Waals surface area contributed by atoms with Crippen molar-refractivity contribution >= 4 is 5.84 Å². The molecule has 0 radical (unpaired) electrons. The highest BCUT2D eigenvalue weighted by Crippen LogP contribution is 2.14. The lowest BCUT2D eigenvalue weighted by Gasteiger charge is -2.10. The van der Waals surface area contributed by atoms with Gasteiger partial charge < -0.3 is 20.4 Å². The molecule has 1 saturated heterocycles. The Hall–Kier alpha value is -1.89. The quantitative estimate of drug-likeness (QED) is 0.345. The Morgan fingerprint density at radius 3 is 3.17 bits per heavy atom. The third-order valence-corrected chi connectivity index (χ3v) is 2.68. The third kappa shape index (κ3) is 3.07. The van der Waals surface area contributed by atoms with Crippen LogP contribution >= 0.6 is 0 Å². The average molecular weight is 252 g/mol. The van der Waals surface area contributed by atoms with Crippen molar-refractivity contribution in [1.29, 1.82) is 0 Å². The zero-order valence-corrected chi connectivity index (χ0v) is 10.2. The zero-order valence-electron chi connectivity index (χ0n) is 10.2. The van der Waals surface area contributed by atoms with Crippen LogP contribution < -0.4 is 10.5 Å². The number of aromatic nitrogens is 2. The first-order chi connectivity index (χ1) is 8.69. The van der Waals surface area contributed by atoms with Gasteiger partial charge in [0.15, 0.2) is 5.84 Å². The summed E-state index contributed by atoms with van der Waals surface area (Å²) in [5.74, 6) is 0.316. The van der Waals surface area contributed by atoms with Gasteiger partial charge in [0.1, 0.15) is 5.69 Å². The molecule has 0 amide bonds. The highest BCUT2D eigenvalue weighted by atomic mass is 16.5. The van der Waals surface area contributed by atoms with Crippen molar-refractivity contribution in [2.24, 2.45) is 16.8 Å². The Bertz CT molecular complexity index is 444. The SMILES string of the molecule is Cc1cc(/C(N)=N/O)nc(OCC2CCOC2)n1. The molecular formula is C11H16N4O3. The van der Waals surface area contributed by atoms with Gasteiger partial charge in [-0.15, -0.1) is 0 Å². The molecule has 1 unspecified atom stereocenters. The Labute approximate surface area is 105 Å². The Balaban J connectivity index is 2.05. The molecule has 0 saturated carbocycles. The minimum atomic E-state index is -0.0606. The number of amidine groups is 1. The first kappa shape index (κ1) is 12.6. The smallest absolute Gasteiger partial charge is 0.317 e. The number of ether oxygens (including phenoxy) is 2. The van der Waals surface area contributed by atoms with Crippen molar-refractivity contribution in [2.45, 2.75) is 13.3 Å². The lowest BCUT2D eigenvalue weighted by Crippen LogP contribution is -2.18. The molecule has 0 aliphatic carbocycles. The van der Waals surface area contributed by atoms with E-state index >= 15 is 0 Å². The molecule has 3 N–H and O–H groups in total. The van der Waals surface area contributed by atoms with E-state index in [4.69, 9.17) is 20.4 Å². The number of aryl methyl sites for hydroxylation is 1. The molecule has 2 rings (SSSR count). The fourth-order valence-electron chi connectivity index (χ4n) is 1.70. The van der Waals surface area contributed by atoms with Gasteiger partial charge in [-0.05, 0) is 19.4 Å². The second-order valence-electron chi connectivity index (χ2n) is 4.20. The lowest BCUT2D eigenvalue weighted by atomic mass is 10.1. The van der Waals surface area contributed by atoms with Crippen LogP contribution in [0.4, 0.5) is 0 Å². The lowest BCUT2D eigenvalue weighted by molar-refractivity contribution is 0.163. The molecule has 0 spiro atoms. The van der Waals surface area contributed by atoms with Gasteiger partial charge >= 0.3 is 6.01 Å². The van der Waals surface area contributed by atoms with Crippen LogP contribution in [-0.4, -0.2) is 40.8 Å². The molecule has 7 nitrogen and oxygen atoms in total. The van der Waals surface area contributed by atoms with Crippen molar-refractivity contribution in [3.05, 3.63) is 17.5 Å². The number of nitrogens with two attached hydrogens (primary N) is 1. The van der Waals surface area contributed by atoms with Crippen LogP contribution in [0.3, 0.4) is 0 Å². The van der Waals surface area contributed by atoms with E-state index in [2.05, 4.69) is 15.1 Å². The topological polar surface area (TPSA) is 103 Å². The van der Waals surface area contributed by atoms with Gasteiger partial charge in [0.05, 0.1) is 13.2 Å². The van der Waals surface area contributed by atoms with E-state index in [0.29, 0.717) is 30.5 Å². The van der Waals surface area contributed by atoms with E-state index in [1.807, 2.05) is 0 Å². The van der Waals surface area contributed by atoms with Gasteiger partial charge in [-0.2, -0.15) is 4.98 Å². The summed E-state index contributed by atoms with van der Waals surface area (Å²) in [7, 11) is 0. The highest BCUT2D eigenvalue weighted by molar-refractivity contribution is 5.95. The molecular weight excluding hydrogens is 236 g/mol. The Morgan fingerprint density at radius 1 is 1.67 bits per heavy atom. The van der Waals surface area contributed by atoms with Crippen LogP contribution in [0.15, 0.2) is 11.2 Å². The molecule has 7 heteroatoms. The number of hydrogen-bond acceptors (Lipinski definition) is 6. The molecule has 98 valence electrons. The largest absolute Gasteiger partial charge is 0.463 e. The van der Waals surface area contributed by atoms with Gasteiger partial charge in [0.25, 0.3) is 0 Å². The van der Waals surface area contributed by atoms with E-state index in [9.17, 15) is 0 Å². The molecule has 1 fully saturated rings. The predicted molar refractivity (Wildman–Crippen MR) is 63.7 cm³/mol. The molecule has 2 heterocycles. The van der Waals surface area contributed by atoms with Gasteiger partial charge in [-0.3, -0.25) is 0 Å². The summed E-state index contributed by atoms with van der Waals surface area (Å²) >= 11 is 0. The maximum Gasteiger partial charge on any atom is 0.317 e. The fourth-order valence-corrected chi connectivity index (χ4v) is 1.70. The summed E-state index contributed by atoms with van der Waals surface area (Å²) in [6, 6.07) is 1.86. The van der Waals surface area contributed by atoms with Gasteiger partial charge in [0, 0.05) is 18.2 Å². The number of oxime groups is 1. The normalized spacial score (nSPS) is 20.1. The van der Waals surface area contributed by atoms with Crippen molar-refractivity contribution in [3.63, 3.8) is 0 Å². The third-order valence-electron chi connectivity index (χ3n) is 2.68. The molecule has 0 bridgehead atoms. The predicted octanol–water partition coefficient (Wildman–Crippen LogP) is 0.295. The molecule has 1 atom stereocenters. The van der Waals surface area contributed by atoms with Crippen LogP contribution in [0.1, 0.15) is 17.8 Å². The summed E-state index contributed by atoms with van der Waals surface area (Å²) in [5, 5.41) is 11.5. The second-order valence-corrected chi connectivity index (χ2v) is 4.20. The van der Waals surface area contributed by atoms with Crippen molar-refractivity contribution < 1.29 is 14.7 Å². The monoisotopic (exact) mass is 252 g/mol. The minimum absolute atomic E-state index is 0.0606. The van der Waals surface area contributed by atoms with E-state index < -0.39 is 0 Å². The number of rotatable bonds is 4. The molecule has 1 aromatic heterocycles. The molecule has 18 heavy (non-hydrogen) atoms.